The standard InChI is InChI=1S/C12H22N2O2/c1-13-5-6-15-11(8-13)12-10-4-3-9(16-10)7-14(12)2/h9-12H,3-8H2,1-2H3. The van der Waals surface area contributed by atoms with Crippen molar-refractivity contribution < 1.29 is 9.47 Å². The van der Waals surface area contributed by atoms with Gasteiger partial charge in [0.15, 0.2) is 0 Å². The minimum atomic E-state index is 0.327. The molecule has 2 bridgehead atoms. The van der Waals surface area contributed by atoms with Gasteiger partial charge in [0.2, 0.25) is 0 Å². The predicted octanol–water partition coefficient (Wildman–Crippen LogP) is 0.179. The zero-order valence-electron chi connectivity index (χ0n) is 10.3. The summed E-state index contributed by atoms with van der Waals surface area (Å²) >= 11 is 0. The van der Waals surface area contributed by atoms with Crippen molar-refractivity contribution in [1.29, 1.82) is 0 Å². The molecule has 3 heterocycles. The molecule has 3 aliphatic heterocycles. The summed E-state index contributed by atoms with van der Waals surface area (Å²) in [5.74, 6) is 0. The normalized spacial score (nSPS) is 46.1. The molecule has 0 spiro atoms. The molecule has 4 atom stereocenters. The van der Waals surface area contributed by atoms with Crippen LogP contribution >= 0.6 is 0 Å². The van der Waals surface area contributed by atoms with Crippen molar-refractivity contribution in [2.24, 2.45) is 0 Å². The van der Waals surface area contributed by atoms with Crippen LogP contribution in [0.1, 0.15) is 12.8 Å². The Morgan fingerprint density at radius 1 is 1.06 bits per heavy atom. The third kappa shape index (κ3) is 1.88. The van der Waals surface area contributed by atoms with Gasteiger partial charge < -0.3 is 14.4 Å². The van der Waals surface area contributed by atoms with E-state index in [0.29, 0.717) is 24.4 Å². The van der Waals surface area contributed by atoms with Gasteiger partial charge in [0, 0.05) is 19.6 Å². The van der Waals surface area contributed by atoms with E-state index in [-0.39, 0.29) is 0 Å². The van der Waals surface area contributed by atoms with Crippen LogP contribution in [0.15, 0.2) is 0 Å². The van der Waals surface area contributed by atoms with E-state index >= 15 is 0 Å². The zero-order chi connectivity index (χ0) is 11.1. The van der Waals surface area contributed by atoms with Crippen molar-refractivity contribution in [2.45, 2.75) is 37.2 Å². The molecule has 0 amide bonds. The van der Waals surface area contributed by atoms with E-state index in [4.69, 9.17) is 9.47 Å². The Hall–Kier alpha value is -0.160. The third-order valence-corrected chi connectivity index (χ3v) is 4.20. The van der Waals surface area contributed by atoms with Gasteiger partial charge in [-0.2, -0.15) is 0 Å². The SMILES string of the molecule is CN1CCOC(C2C3CCC(CN2C)O3)C1. The van der Waals surface area contributed by atoms with Gasteiger partial charge >= 0.3 is 0 Å². The van der Waals surface area contributed by atoms with E-state index in [9.17, 15) is 0 Å². The van der Waals surface area contributed by atoms with Gasteiger partial charge in [0.25, 0.3) is 0 Å². The van der Waals surface area contributed by atoms with Crippen LogP contribution in [0.5, 0.6) is 0 Å². The fourth-order valence-corrected chi connectivity index (χ4v) is 3.39. The highest BCUT2D eigenvalue weighted by Crippen LogP contribution is 2.33. The van der Waals surface area contributed by atoms with Gasteiger partial charge in [0.1, 0.15) is 0 Å². The van der Waals surface area contributed by atoms with E-state index in [2.05, 4.69) is 23.9 Å². The van der Waals surface area contributed by atoms with Crippen LogP contribution < -0.4 is 0 Å². The number of likely N-dealkylation sites (N-methyl/N-ethyl adjacent to an activating group) is 2. The molecule has 3 aliphatic rings. The van der Waals surface area contributed by atoms with Crippen LogP contribution in [0, 0.1) is 0 Å². The molecule has 0 aromatic carbocycles. The average Bonchev–Trinajstić information content (AvgIpc) is 2.61. The van der Waals surface area contributed by atoms with Crippen LogP contribution in [0.3, 0.4) is 0 Å². The summed E-state index contributed by atoms with van der Waals surface area (Å²) in [4.78, 5) is 4.82. The van der Waals surface area contributed by atoms with Crippen LogP contribution in [-0.2, 0) is 9.47 Å². The molecule has 3 rings (SSSR count). The smallest absolute Gasteiger partial charge is 0.0882 e. The second-order valence-corrected chi connectivity index (χ2v) is 5.48. The van der Waals surface area contributed by atoms with E-state index in [1.165, 1.54) is 12.8 Å². The maximum atomic E-state index is 6.03. The Bertz CT molecular complexity index is 261. The quantitative estimate of drug-likeness (QED) is 0.637. The summed E-state index contributed by atoms with van der Waals surface area (Å²) < 4.78 is 12.0. The van der Waals surface area contributed by atoms with Gasteiger partial charge in [-0.25, -0.2) is 0 Å². The van der Waals surface area contributed by atoms with Crippen LogP contribution in [0.25, 0.3) is 0 Å². The molecule has 92 valence electrons. The number of ether oxygens (including phenoxy) is 2. The Balaban J connectivity index is 1.71. The Morgan fingerprint density at radius 2 is 1.94 bits per heavy atom. The summed E-state index contributed by atoms with van der Waals surface area (Å²) in [6.45, 7) is 4.03. The van der Waals surface area contributed by atoms with Crippen molar-refractivity contribution in [3.8, 4) is 0 Å². The fourth-order valence-electron chi connectivity index (χ4n) is 3.39. The lowest BCUT2D eigenvalue weighted by atomic mass is 10.00. The van der Waals surface area contributed by atoms with Gasteiger partial charge in [-0.3, -0.25) is 4.90 Å². The minimum absolute atomic E-state index is 0.327. The predicted molar refractivity (Wildman–Crippen MR) is 61.6 cm³/mol. The maximum absolute atomic E-state index is 6.03. The molecule has 16 heavy (non-hydrogen) atoms. The molecule has 0 N–H and O–H groups in total. The lowest BCUT2D eigenvalue weighted by Crippen LogP contribution is -2.59. The van der Waals surface area contributed by atoms with Crippen molar-refractivity contribution in [1.82, 2.24) is 9.80 Å². The van der Waals surface area contributed by atoms with Crippen molar-refractivity contribution in [2.75, 3.05) is 40.3 Å². The van der Waals surface area contributed by atoms with E-state index < -0.39 is 0 Å². The number of hydrogen-bond donors (Lipinski definition) is 0. The Kier molecular flexibility index (Phi) is 2.92. The molecule has 4 nitrogen and oxygen atoms in total. The molecular formula is C12H22N2O2. The van der Waals surface area contributed by atoms with Gasteiger partial charge in [-0.1, -0.05) is 0 Å². The maximum Gasteiger partial charge on any atom is 0.0882 e. The highest BCUT2D eigenvalue weighted by atomic mass is 16.5. The first-order chi connectivity index (χ1) is 7.74. The molecule has 4 heteroatoms. The molecule has 0 aromatic rings. The Labute approximate surface area is 97.5 Å². The lowest BCUT2D eigenvalue weighted by Gasteiger charge is -2.44. The largest absolute Gasteiger partial charge is 0.374 e. The monoisotopic (exact) mass is 226 g/mol. The van der Waals surface area contributed by atoms with Crippen molar-refractivity contribution >= 4 is 0 Å². The van der Waals surface area contributed by atoms with Gasteiger partial charge in [-0.15, -0.1) is 0 Å². The van der Waals surface area contributed by atoms with Crippen LogP contribution in [-0.4, -0.2) is 74.5 Å². The summed E-state index contributed by atoms with van der Waals surface area (Å²) in [6.07, 6.45) is 3.65. The van der Waals surface area contributed by atoms with Crippen molar-refractivity contribution in [3.05, 3.63) is 0 Å². The molecule has 3 fully saturated rings. The summed E-state index contributed by atoms with van der Waals surface area (Å²) in [6, 6.07) is 0.460. The summed E-state index contributed by atoms with van der Waals surface area (Å²) in [5.41, 5.74) is 0. The number of likely N-dealkylation sites (tertiary alicyclic amines) is 1. The first-order valence-corrected chi connectivity index (χ1v) is 6.40. The summed E-state index contributed by atoms with van der Waals surface area (Å²) in [5, 5.41) is 0. The van der Waals surface area contributed by atoms with Crippen LogP contribution in [0.4, 0.5) is 0 Å². The Morgan fingerprint density at radius 3 is 2.75 bits per heavy atom. The topological polar surface area (TPSA) is 24.9 Å². The molecule has 0 aromatic heterocycles. The minimum Gasteiger partial charge on any atom is -0.374 e. The fraction of sp³-hybridized carbons (Fsp3) is 1.00. The molecule has 4 unspecified atom stereocenters. The first kappa shape index (κ1) is 11.0. The van der Waals surface area contributed by atoms with Gasteiger partial charge in [0.05, 0.1) is 31.0 Å². The molecule has 0 saturated carbocycles. The van der Waals surface area contributed by atoms with Crippen LogP contribution in [0.2, 0.25) is 0 Å². The number of nitrogens with zero attached hydrogens (tertiary/aromatic N) is 2. The van der Waals surface area contributed by atoms with E-state index in [0.717, 1.165) is 26.2 Å². The third-order valence-electron chi connectivity index (χ3n) is 4.20. The number of hydrogen-bond acceptors (Lipinski definition) is 4. The van der Waals surface area contributed by atoms with E-state index in [1.54, 1.807) is 0 Å². The molecule has 3 saturated heterocycles. The average molecular weight is 226 g/mol. The van der Waals surface area contributed by atoms with Gasteiger partial charge in [-0.05, 0) is 26.9 Å². The number of morpholine rings is 2. The first-order valence-electron chi connectivity index (χ1n) is 6.40. The highest BCUT2D eigenvalue weighted by molar-refractivity contribution is 4.97. The lowest BCUT2D eigenvalue weighted by molar-refractivity contribution is -0.138. The number of rotatable bonds is 1. The summed E-state index contributed by atoms with van der Waals surface area (Å²) in [7, 11) is 4.40. The molecule has 0 aliphatic carbocycles. The number of fused-ring (bicyclic) bond motifs is 2. The second kappa shape index (κ2) is 4.26. The molecular weight excluding hydrogens is 204 g/mol. The van der Waals surface area contributed by atoms with E-state index in [1.807, 2.05) is 0 Å². The second-order valence-electron chi connectivity index (χ2n) is 5.48. The zero-order valence-corrected chi connectivity index (χ0v) is 10.3. The highest BCUT2D eigenvalue weighted by Gasteiger charge is 2.44. The van der Waals surface area contributed by atoms with Crippen molar-refractivity contribution in [3.63, 3.8) is 0 Å². The molecule has 0 radical (unpaired) electrons.